The van der Waals surface area contributed by atoms with E-state index in [4.69, 9.17) is 0 Å². The SMILES string of the molecule is Cc1cccc(NCCc2cccs2)c1[N+](=O)[O-]. The summed E-state index contributed by atoms with van der Waals surface area (Å²) in [5, 5.41) is 16.2. The molecule has 0 unspecified atom stereocenters. The van der Waals surface area contributed by atoms with Crippen LogP contribution in [0.4, 0.5) is 11.4 Å². The third-order valence-electron chi connectivity index (χ3n) is 2.69. The van der Waals surface area contributed by atoms with E-state index in [2.05, 4.69) is 11.4 Å². The second-order valence-corrected chi connectivity index (χ2v) is 5.02. The quantitative estimate of drug-likeness (QED) is 0.661. The first-order chi connectivity index (χ1) is 8.68. The van der Waals surface area contributed by atoms with Crippen molar-refractivity contribution in [2.75, 3.05) is 11.9 Å². The lowest BCUT2D eigenvalue weighted by Gasteiger charge is -2.07. The second-order valence-electron chi connectivity index (χ2n) is 3.98. The Morgan fingerprint density at radius 2 is 2.17 bits per heavy atom. The number of nitrogens with one attached hydrogen (secondary N) is 1. The molecule has 1 aromatic heterocycles. The van der Waals surface area contributed by atoms with Gasteiger partial charge in [-0.2, -0.15) is 0 Å². The summed E-state index contributed by atoms with van der Waals surface area (Å²) in [4.78, 5) is 11.9. The monoisotopic (exact) mass is 262 g/mol. The number of hydrogen-bond acceptors (Lipinski definition) is 4. The summed E-state index contributed by atoms with van der Waals surface area (Å²) in [5.74, 6) is 0. The molecule has 0 radical (unpaired) electrons. The highest BCUT2D eigenvalue weighted by molar-refractivity contribution is 7.09. The molecule has 2 aromatic rings. The average Bonchev–Trinajstić information content (AvgIpc) is 2.81. The highest BCUT2D eigenvalue weighted by atomic mass is 32.1. The Labute approximate surface area is 109 Å². The van der Waals surface area contributed by atoms with Crippen LogP contribution in [0.25, 0.3) is 0 Å². The van der Waals surface area contributed by atoms with Gasteiger partial charge in [0.15, 0.2) is 0 Å². The van der Waals surface area contributed by atoms with Crippen molar-refractivity contribution < 1.29 is 4.92 Å². The highest BCUT2D eigenvalue weighted by Gasteiger charge is 2.15. The van der Waals surface area contributed by atoms with E-state index in [1.165, 1.54) is 4.88 Å². The molecule has 0 aliphatic rings. The zero-order valence-electron chi connectivity index (χ0n) is 10.1. The van der Waals surface area contributed by atoms with Gasteiger partial charge >= 0.3 is 0 Å². The van der Waals surface area contributed by atoms with Crippen LogP contribution in [-0.4, -0.2) is 11.5 Å². The molecule has 5 heteroatoms. The van der Waals surface area contributed by atoms with Gasteiger partial charge in [0.2, 0.25) is 0 Å². The third-order valence-corrected chi connectivity index (χ3v) is 3.62. The minimum absolute atomic E-state index is 0.170. The van der Waals surface area contributed by atoms with Gasteiger partial charge in [-0.15, -0.1) is 11.3 Å². The summed E-state index contributed by atoms with van der Waals surface area (Å²) in [6.45, 7) is 2.45. The topological polar surface area (TPSA) is 55.2 Å². The van der Waals surface area contributed by atoms with Crippen LogP contribution in [0.1, 0.15) is 10.4 Å². The third kappa shape index (κ3) is 2.87. The van der Waals surface area contributed by atoms with Crippen molar-refractivity contribution in [3.63, 3.8) is 0 Å². The molecule has 0 amide bonds. The summed E-state index contributed by atoms with van der Waals surface area (Å²) >= 11 is 1.70. The normalized spacial score (nSPS) is 10.3. The van der Waals surface area contributed by atoms with E-state index in [9.17, 15) is 10.1 Å². The molecule has 0 aliphatic heterocycles. The van der Waals surface area contributed by atoms with E-state index in [0.29, 0.717) is 17.8 Å². The van der Waals surface area contributed by atoms with Crippen LogP contribution in [0, 0.1) is 17.0 Å². The number of hydrogen-bond donors (Lipinski definition) is 1. The average molecular weight is 262 g/mol. The highest BCUT2D eigenvalue weighted by Crippen LogP contribution is 2.27. The number of rotatable bonds is 5. The number of nitro benzene ring substituents is 1. The molecule has 4 nitrogen and oxygen atoms in total. The van der Waals surface area contributed by atoms with Gasteiger partial charge in [-0.1, -0.05) is 18.2 Å². The maximum Gasteiger partial charge on any atom is 0.295 e. The Morgan fingerprint density at radius 3 is 2.83 bits per heavy atom. The van der Waals surface area contributed by atoms with Crippen molar-refractivity contribution in [2.24, 2.45) is 0 Å². The summed E-state index contributed by atoms with van der Waals surface area (Å²) < 4.78 is 0. The van der Waals surface area contributed by atoms with Crippen LogP contribution in [0.3, 0.4) is 0 Å². The number of anilines is 1. The molecule has 0 saturated carbocycles. The Bertz CT molecular complexity index is 538. The molecule has 1 aromatic carbocycles. The van der Waals surface area contributed by atoms with Gasteiger partial charge in [-0.05, 0) is 30.9 Å². The molecule has 1 N–H and O–H groups in total. The molecule has 1 heterocycles. The predicted molar refractivity (Wildman–Crippen MR) is 74.3 cm³/mol. The van der Waals surface area contributed by atoms with E-state index < -0.39 is 0 Å². The molecule has 2 rings (SSSR count). The molecule has 0 spiro atoms. The molecule has 94 valence electrons. The summed E-state index contributed by atoms with van der Waals surface area (Å²) in [6.07, 6.45) is 0.878. The Kier molecular flexibility index (Phi) is 3.94. The molecule has 0 atom stereocenters. The summed E-state index contributed by atoms with van der Waals surface area (Å²) in [5.41, 5.74) is 1.45. The van der Waals surface area contributed by atoms with Gasteiger partial charge in [-0.25, -0.2) is 0 Å². The van der Waals surface area contributed by atoms with Crippen molar-refractivity contribution in [1.29, 1.82) is 0 Å². The van der Waals surface area contributed by atoms with Crippen LogP contribution in [-0.2, 0) is 6.42 Å². The first-order valence-electron chi connectivity index (χ1n) is 5.69. The first kappa shape index (κ1) is 12.6. The first-order valence-corrected chi connectivity index (χ1v) is 6.56. The maximum absolute atomic E-state index is 11.0. The summed E-state index contributed by atoms with van der Waals surface area (Å²) in [6, 6.07) is 9.41. The molecule has 0 bridgehead atoms. The zero-order chi connectivity index (χ0) is 13.0. The predicted octanol–water partition coefficient (Wildman–Crippen LogP) is 3.62. The van der Waals surface area contributed by atoms with Gasteiger partial charge in [0, 0.05) is 17.0 Å². The van der Waals surface area contributed by atoms with E-state index in [-0.39, 0.29) is 10.6 Å². The van der Waals surface area contributed by atoms with Crippen LogP contribution in [0.5, 0.6) is 0 Å². The van der Waals surface area contributed by atoms with Gasteiger partial charge < -0.3 is 5.32 Å². The minimum atomic E-state index is -0.331. The Hall–Kier alpha value is -1.88. The molecule has 0 saturated heterocycles. The molecule has 18 heavy (non-hydrogen) atoms. The zero-order valence-corrected chi connectivity index (χ0v) is 10.9. The van der Waals surface area contributed by atoms with Crippen LogP contribution in [0.2, 0.25) is 0 Å². The van der Waals surface area contributed by atoms with Gasteiger partial charge in [0.05, 0.1) is 4.92 Å². The lowest BCUT2D eigenvalue weighted by atomic mass is 10.1. The van der Waals surface area contributed by atoms with Gasteiger partial charge in [-0.3, -0.25) is 10.1 Å². The van der Waals surface area contributed by atoms with Crippen molar-refractivity contribution in [1.82, 2.24) is 0 Å². The van der Waals surface area contributed by atoms with Crippen molar-refractivity contribution >= 4 is 22.7 Å². The number of aryl methyl sites for hydroxylation is 1. The fraction of sp³-hybridized carbons (Fsp3) is 0.231. The van der Waals surface area contributed by atoms with Crippen LogP contribution in [0.15, 0.2) is 35.7 Å². The van der Waals surface area contributed by atoms with E-state index in [1.807, 2.05) is 17.5 Å². The molecule has 0 aliphatic carbocycles. The lowest BCUT2D eigenvalue weighted by Crippen LogP contribution is -2.06. The van der Waals surface area contributed by atoms with Gasteiger partial charge in [0.1, 0.15) is 5.69 Å². The van der Waals surface area contributed by atoms with E-state index >= 15 is 0 Å². The van der Waals surface area contributed by atoms with Gasteiger partial charge in [0.25, 0.3) is 5.69 Å². The lowest BCUT2D eigenvalue weighted by molar-refractivity contribution is -0.384. The van der Waals surface area contributed by atoms with Crippen molar-refractivity contribution in [3.05, 3.63) is 56.3 Å². The number of nitrogens with zero attached hydrogens (tertiary/aromatic N) is 1. The summed E-state index contributed by atoms with van der Waals surface area (Å²) in [7, 11) is 0. The Balaban J connectivity index is 2.05. The molecular formula is C13H14N2O2S. The van der Waals surface area contributed by atoms with Crippen LogP contribution < -0.4 is 5.32 Å². The standard InChI is InChI=1S/C13H14N2O2S/c1-10-4-2-6-12(13(10)15(16)17)14-8-7-11-5-3-9-18-11/h2-6,9,14H,7-8H2,1H3. The minimum Gasteiger partial charge on any atom is -0.379 e. The fourth-order valence-corrected chi connectivity index (χ4v) is 2.53. The maximum atomic E-state index is 11.0. The number of thiophene rings is 1. The smallest absolute Gasteiger partial charge is 0.295 e. The number of para-hydroxylation sites is 1. The van der Waals surface area contributed by atoms with Crippen molar-refractivity contribution in [2.45, 2.75) is 13.3 Å². The van der Waals surface area contributed by atoms with E-state index in [1.54, 1.807) is 30.4 Å². The molecular weight excluding hydrogens is 248 g/mol. The van der Waals surface area contributed by atoms with Crippen molar-refractivity contribution in [3.8, 4) is 0 Å². The number of benzene rings is 1. The van der Waals surface area contributed by atoms with E-state index in [0.717, 1.165) is 6.42 Å². The van der Waals surface area contributed by atoms with Crippen LogP contribution >= 0.6 is 11.3 Å². The number of nitro groups is 1. The second kappa shape index (κ2) is 5.64. The molecule has 0 fully saturated rings. The largest absolute Gasteiger partial charge is 0.379 e. The Morgan fingerprint density at radius 1 is 1.33 bits per heavy atom. The fourth-order valence-electron chi connectivity index (χ4n) is 1.82.